The molecule has 0 bridgehead atoms. The van der Waals surface area contributed by atoms with E-state index in [0.717, 1.165) is 0 Å². The molecule has 1 aromatic rings. The van der Waals surface area contributed by atoms with Crippen molar-refractivity contribution in [3.05, 3.63) is 35.6 Å². The Hall–Kier alpha value is -2.12. The molecule has 3 atom stereocenters. The zero-order valence-corrected chi connectivity index (χ0v) is 15.0. The second-order valence-electron chi connectivity index (χ2n) is 6.95. The zero-order chi connectivity index (χ0) is 20.0. The number of hydrogen-bond donors (Lipinski definition) is 1. The van der Waals surface area contributed by atoms with Gasteiger partial charge in [-0.2, -0.15) is 13.2 Å². The van der Waals surface area contributed by atoms with Gasteiger partial charge in [0.2, 0.25) is 0 Å². The molecule has 0 spiro atoms. The van der Waals surface area contributed by atoms with Crippen molar-refractivity contribution in [1.29, 1.82) is 0 Å². The van der Waals surface area contributed by atoms with Gasteiger partial charge in [0.15, 0.2) is 6.61 Å². The molecule has 1 fully saturated rings. The Morgan fingerprint density at radius 3 is 2.63 bits per heavy atom. The number of ether oxygens (including phenoxy) is 1. The lowest BCUT2D eigenvalue weighted by atomic mass is 9.84. The van der Waals surface area contributed by atoms with Gasteiger partial charge in [-0.05, 0) is 37.0 Å². The van der Waals surface area contributed by atoms with Gasteiger partial charge in [-0.3, -0.25) is 9.59 Å². The first-order chi connectivity index (χ1) is 12.7. The number of amides is 1. The van der Waals surface area contributed by atoms with Crippen LogP contribution in [0.15, 0.2) is 24.3 Å². The second-order valence-corrected chi connectivity index (χ2v) is 6.95. The van der Waals surface area contributed by atoms with Crippen molar-refractivity contribution in [2.75, 3.05) is 6.61 Å². The number of alkyl halides is 3. The van der Waals surface area contributed by atoms with Gasteiger partial charge >= 0.3 is 12.1 Å². The standard InChI is InChI=1S/C19H23F4NO3/c1-12(9-13-5-4-6-14(20)10-13)18(26)27-11-17(25)24-16-8-3-2-7-15(16)19(21,22)23/h4-6,10,12,15-16H,2-3,7-9,11H2,1H3,(H,24,25). The monoisotopic (exact) mass is 389 g/mol. The van der Waals surface area contributed by atoms with Crippen molar-refractivity contribution in [2.45, 2.75) is 51.2 Å². The quantitative estimate of drug-likeness (QED) is 0.595. The van der Waals surface area contributed by atoms with Crippen LogP contribution in [0.25, 0.3) is 0 Å². The molecular formula is C19H23F4NO3. The molecule has 0 radical (unpaired) electrons. The molecule has 1 aliphatic carbocycles. The van der Waals surface area contributed by atoms with Gasteiger partial charge in [0, 0.05) is 6.04 Å². The Morgan fingerprint density at radius 2 is 1.96 bits per heavy atom. The SMILES string of the molecule is CC(Cc1cccc(F)c1)C(=O)OCC(=O)NC1CCCCC1C(F)(F)F. The van der Waals surface area contributed by atoms with E-state index in [9.17, 15) is 27.2 Å². The highest BCUT2D eigenvalue weighted by atomic mass is 19.4. The summed E-state index contributed by atoms with van der Waals surface area (Å²) in [5, 5.41) is 2.34. The van der Waals surface area contributed by atoms with Gasteiger partial charge in [0.25, 0.3) is 5.91 Å². The molecule has 0 aromatic heterocycles. The number of rotatable bonds is 6. The Bertz CT molecular complexity index is 663. The average molecular weight is 389 g/mol. The molecule has 1 amide bonds. The highest BCUT2D eigenvalue weighted by Crippen LogP contribution is 2.37. The lowest BCUT2D eigenvalue weighted by molar-refractivity contribution is -0.189. The first kappa shape index (κ1) is 21.2. The van der Waals surface area contributed by atoms with E-state index in [1.54, 1.807) is 13.0 Å². The molecular weight excluding hydrogens is 366 g/mol. The number of hydrogen-bond acceptors (Lipinski definition) is 3. The molecule has 8 heteroatoms. The van der Waals surface area contributed by atoms with Crippen molar-refractivity contribution in [1.82, 2.24) is 5.32 Å². The van der Waals surface area contributed by atoms with Crippen LogP contribution in [0.5, 0.6) is 0 Å². The van der Waals surface area contributed by atoms with Gasteiger partial charge in [0.05, 0.1) is 11.8 Å². The van der Waals surface area contributed by atoms with E-state index in [2.05, 4.69) is 5.32 Å². The summed E-state index contributed by atoms with van der Waals surface area (Å²) in [6, 6.07) is 4.79. The molecule has 1 aliphatic rings. The van der Waals surface area contributed by atoms with Gasteiger partial charge in [-0.1, -0.05) is 31.9 Å². The molecule has 4 nitrogen and oxygen atoms in total. The predicted molar refractivity (Wildman–Crippen MR) is 90.2 cm³/mol. The summed E-state index contributed by atoms with van der Waals surface area (Å²) in [5.41, 5.74) is 0.610. The third-order valence-electron chi connectivity index (χ3n) is 4.71. The number of halogens is 4. The van der Waals surface area contributed by atoms with Gasteiger partial charge < -0.3 is 10.1 Å². The fourth-order valence-electron chi connectivity index (χ4n) is 3.32. The Balaban J connectivity index is 1.81. The summed E-state index contributed by atoms with van der Waals surface area (Å²) in [6.45, 7) is 0.944. The number of carbonyl (C=O) groups is 2. The number of nitrogens with one attached hydrogen (secondary N) is 1. The normalized spacial score (nSPS) is 21.4. The molecule has 0 heterocycles. The van der Waals surface area contributed by atoms with Gasteiger partial charge in [0.1, 0.15) is 5.82 Å². The smallest absolute Gasteiger partial charge is 0.393 e. The first-order valence-electron chi connectivity index (χ1n) is 8.94. The summed E-state index contributed by atoms with van der Waals surface area (Å²) in [7, 11) is 0. The highest BCUT2D eigenvalue weighted by molar-refractivity contribution is 5.81. The molecule has 1 N–H and O–H groups in total. The van der Waals surface area contributed by atoms with Crippen LogP contribution in [0, 0.1) is 17.7 Å². The van der Waals surface area contributed by atoms with E-state index in [-0.39, 0.29) is 19.3 Å². The molecule has 2 rings (SSSR count). The highest BCUT2D eigenvalue weighted by Gasteiger charge is 2.45. The van der Waals surface area contributed by atoms with Crippen LogP contribution in [0.4, 0.5) is 17.6 Å². The minimum atomic E-state index is -4.37. The maximum atomic E-state index is 13.2. The lowest BCUT2D eigenvalue weighted by Crippen LogP contribution is -2.48. The number of carbonyl (C=O) groups excluding carboxylic acids is 2. The van der Waals surface area contributed by atoms with Crippen LogP contribution in [0.1, 0.15) is 38.2 Å². The summed E-state index contributed by atoms with van der Waals surface area (Å²) < 4.78 is 57.2. The average Bonchev–Trinajstić information content (AvgIpc) is 2.59. The van der Waals surface area contributed by atoms with E-state index in [1.807, 2.05) is 0 Å². The van der Waals surface area contributed by atoms with E-state index < -0.39 is 48.4 Å². The van der Waals surface area contributed by atoms with Crippen LogP contribution in [0.2, 0.25) is 0 Å². The third-order valence-corrected chi connectivity index (χ3v) is 4.71. The summed E-state index contributed by atoms with van der Waals surface area (Å²) in [6.07, 6.45) is -2.81. The summed E-state index contributed by atoms with van der Waals surface area (Å²) >= 11 is 0. The van der Waals surface area contributed by atoms with Gasteiger partial charge in [-0.15, -0.1) is 0 Å². The molecule has 3 unspecified atom stereocenters. The number of benzene rings is 1. The maximum Gasteiger partial charge on any atom is 0.393 e. The van der Waals surface area contributed by atoms with E-state index in [1.165, 1.54) is 18.2 Å². The van der Waals surface area contributed by atoms with Gasteiger partial charge in [-0.25, -0.2) is 4.39 Å². The summed E-state index contributed by atoms with van der Waals surface area (Å²) in [5.74, 6) is -4.01. The van der Waals surface area contributed by atoms with Crippen LogP contribution < -0.4 is 5.32 Å². The first-order valence-corrected chi connectivity index (χ1v) is 8.94. The van der Waals surface area contributed by atoms with E-state index in [4.69, 9.17) is 4.74 Å². The molecule has 0 saturated heterocycles. The minimum absolute atomic E-state index is 0.0150. The Kier molecular flexibility index (Phi) is 7.21. The van der Waals surface area contributed by atoms with Crippen molar-refractivity contribution in [3.8, 4) is 0 Å². The van der Waals surface area contributed by atoms with Crippen molar-refractivity contribution in [2.24, 2.45) is 11.8 Å². The van der Waals surface area contributed by atoms with Crippen LogP contribution in [0.3, 0.4) is 0 Å². The zero-order valence-electron chi connectivity index (χ0n) is 15.0. The molecule has 1 saturated carbocycles. The van der Waals surface area contributed by atoms with Crippen LogP contribution in [-0.4, -0.2) is 30.7 Å². The van der Waals surface area contributed by atoms with Crippen LogP contribution in [-0.2, 0) is 20.7 Å². The predicted octanol–water partition coefficient (Wildman–Crippen LogP) is 3.78. The van der Waals surface area contributed by atoms with E-state index >= 15 is 0 Å². The topological polar surface area (TPSA) is 55.4 Å². The Morgan fingerprint density at radius 1 is 1.26 bits per heavy atom. The largest absolute Gasteiger partial charge is 0.455 e. The van der Waals surface area contributed by atoms with Crippen molar-refractivity contribution >= 4 is 11.9 Å². The number of esters is 1. The fourth-order valence-corrected chi connectivity index (χ4v) is 3.32. The third kappa shape index (κ3) is 6.52. The van der Waals surface area contributed by atoms with Crippen molar-refractivity contribution in [3.63, 3.8) is 0 Å². The fraction of sp³-hybridized carbons (Fsp3) is 0.579. The molecule has 1 aromatic carbocycles. The molecule has 150 valence electrons. The minimum Gasteiger partial charge on any atom is -0.455 e. The van der Waals surface area contributed by atoms with E-state index in [0.29, 0.717) is 18.4 Å². The Labute approximate surface area is 155 Å². The molecule has 0 aliphatic heterocycles. The summed E-state index contributed by atoms with van der Waals surface area (Å²) in [4.78, 5) is 23.9. The van der Waals surface area contributed by atoms with Crippen molar-refractivity contribution < 1.29 is 31.9 Å². The lowest BCUT2D eigenvalue weighted by Gasteiger charge is -2.33. The second kappa shape index (κ2) is 9.19. The molecule has 27 heavy (non-hydrogen) atoms. The van der Waals surface area contributed by atoms with Crippen LogP contribution >= 0.6 is 0 Å². The maximum absolute atomic E-state index is 13.2.